The number of aryl methyl sites for hydroxylation is 1. The largest absolute Gasteiger partial charge is 0.481 e. The van der Waals surface area contributed by atoms with Crippen LogP contribution in [0.15, 0.2) is 12.3 Å². The van der Waals surface area contributed by atoms with Gasteiger partial charge in [-0.1, -0.05) is 0 Å². The number of carbonyl (C=O) groups is 2. The summed E-state index contributed by atoms with van der Waals surface area (Å²) >= 11 is 0. The molecule has 0 spiro atoms. The molecule has 2 fully saturated rings. The highest BCUT2D eigenvalue weighted by molar-refractivity contribution is 5.80. The molecule has 1 aliphatic carbocycles. The topological polar surface area (TPSA) is 83.4 Å². The Kier molecular flexibility index (Phi) is 3.61. The molecule has 2 aliphatic rings. The number of aliphatic carboxylic acids is 1. The number of aromatic nitrogens is 2. The van der Waals surface area contributed by atoms with Crippen LogP contribution in [0.25, 0.3) is 0 Å². The summed E-state index contributed by atoms with van der Waals surface area (Å²) in [7, 11) is 0. The summed E-state index contributed by atoms with van der Waals surface area (Å²) < 4.78 is 0. The van der Waals surface area contributed by atoms with Crippen molar-refractivity contribution in [1.29, 1.82) is 0 Å². The van der Waals surface area contributed by atoms with Crippen LogP contribution in [0.5, 0.6) is 0 Å². The van der Waals surface area contributed by atoms with Gasteiger partial charge in [0.05, 0.1) is 17.7 Å². The van der Waals surface area contributed by atoms with Gasteiger partial charge in [0.2, 0.25) is 5.91 Å². The van der Waals surface area contributed by atoms with Gasteiger partial charge in [0.1, 0.15) is 5.82 Å². The number of carboxylic acid groups (broad SMARTS) is 1. The minimum absolute atomic E-state index is 0.0579. The Morgan fingerprint density at radius 1 is 1.38 bits per heavy atom. The van der Waals surface area contributed by atoms with E-state index in [2.05, 4.69) is 9.97 Å². The predicted molar refractivity (Wildman–Crippen MR) is 74.4 cm³/mol. The lowest BCUT2D eigenvalue weighted by Gasteiger charge is -2.33. The lowest BCUT2D eigenvalue weighted by molar-refractivity contribution is -0.146. The van der Waals surface area contributed by atoms with Crippen LogP contribution in [0.3, 0.4) is 0 Å². The van der Waals surface area contributed by atoms with Gasteiger partial charge in [-0.3, -0.25) is 9.59 Å². The summed E-state index contributed by atoms with van der Waals surface area (Å²) in [6, 6.07) is 1.45. The first-order valence-corrected chi connectivity index (χ1v) is 7.41. The molecule has 1 aliphatic heterocycles. The second-order valence-corrected chi connectivity index (χ2v) is 5.84. The lowest BCUT2D eigenvalue weighted by Crippen LogP contribution is -2.41. The van der Waals surface area contributed by atoms with Crippen LogP contribution in [0.2, 0.25) is 0 Å². The van der Waals surface area contributed by atoms with E-state index < -0.39 is 17.9 Å². The van der Waals surface area contributed by atoms with Crippen molar-refractivity contribution < 1.29 is 14.7 Å². The second kappa shape index (κ2) is 5.42. The molecule has 21 heavy (non-hydrogen) atoms. The van der Waals surface area contributed by atoms with Crippen molar-refractivity contribution >= 4 is 11.9 Å². The third kappa shape index (κ3) is 2.75. The van der Waals surface area contributed by atoms with Gasteiger partial charge in [0, 0.05) is 18.7 Å². The number of carbonyl (C=O) groups excluding carboxylic acids is 1. The third-order valence-electron chi connectivity index (χ3n) is 4.23. The van der Waals surface area contributed by atoms with Crippen LogP contribution in [0.4, 0.5) is 0 Å². The normalized spacial score (nSPS) is 26.5. The molecule has 3 rings (SSSR count). The van der Waals surface area contributed by atoms with Crippen LogP contribution in [0, 0.1) is 12.8 Å². The van der Waals surface area contributed by atoms with E-state index in [4.69, 9.17) is 0 Å². The number of hydrogen-bond donors (Lipinski definition) is 1. The molecule has 6 nitrogen and oxygen atoms in total. The molecule has 2 unspecified atom stereocenters. The summed E-state index contributed by atoms with van der Waals surface area (Å²) in [6.45, 7) is 1.78. The number of amides is 1. The second-order valence-electron chi connectivity index (χ2n) is 5.84. The quantitative estimate of drug-likeness (QED) is 0.915. The van der Waals surface area contributed by atoms with Crippen molar-refractivity contribution in [2.45, 2.75) is 51.1 Å². The smallest absolute Gasteiger partial charge is 0.309 e. The van der Waals surface area contributed by atoms with Crippen molar-refractivity contribution in [1.82, 2.24) is 14.9 Å². The van der Waals surface area contributed by atoms with E-state index in [0.717, 1.165) is 12.8 Å². The number of nitrogens with zero attached hydrogens (tertiary/aromatic N) is 3. The molecule has 1 N–H and O–H groups in total. The summed E-state index contributed by atoms with van der Waals surface area (Å²) in [5.41, 5.74) is 0.650. The molecule has 6 heteroatoms. The van der Waals surface area contributed by atoms with Crippen molar-refractivity contribution in [2.75, 3.05) is 0 Å². The van der Waals surface area contributed by atoms with Crippen molar-refractivity contribution in [3.63, 3.8) is 0 Å². The van der Waals surface area contributed by atoms with Gasteiger partial charge in [0.25, 0.3) is 0 Å². The summed E-state index contributed by atoms with van der Waals surface area (Å²) in [5.74, 6) is -0.783. The van der Waals surface area contributed by atoms with E-state index in [0.29, 0.717) is 30.8 Å². The van der Waals surface area contributed by atoms with Crippen LogP contribution in [0.1, 0.15) is 49.7 Å². The zero-order valence-electron chi connectivity index (χ0n) is 12.0. The van der Waals surface area contributed by atoms with E-state index in [1.165, 1.54) is 0 Å². The van der Waals surface area contributed by atoms with Crippen LogP contribution in [-0.4, -0.2) is 37.9 Å². The van der Waals surface area contributed by atoms with Gasteiger partial charge in [-0.2, -0.15) is 0 Å². The fourth-order valence-electron chi connectivity index (χ4n) is 3.14. The highest BCUT2D eigenvalue weighted by atomic mass is 16.4. The molecule has 0 radical (unpaired) electrons. The van der Waals surface area contributed by atoms with Gasteiger partial charge < -0.3 is 10.0 Å². The first kappa shape index (κ1) is 14.0. The summed E-state index contributed by atoms with van der Waals surface area (Å²) in [5, 5.41) is 9.59. The number of likely N-dealkylation sites (tertiary alicyclic amines) is 1. The molecule has 1 aromatic rings. The molecular weight excluding hydrogens is 270 g/mol. The Balaban J connectivity index is 2.05. The monoisotopic (exact) mass is 289 g/mol. The van der Waals surface area contributed by atoms with Gasteiger partial charge in [-0.15, -0.1) is 0 Å². The average molecular weight is 289 g/mol. The molecule has 2 atom stereocenters. The molecule has 1 amide bonds. The highest BCUT2D eigenvalue weighted by Crippen LogP contribution is 2.42. The van der Waals surface area contributed by atoms with E-state index in [1.54, 1.807) is 24.1 Å². The van der Waals surface area contributed by atoms with Crippen molar-refractivity contribution in [3.05, 3.63) is 23.8 Å². The Labute approximate surface area is 123 Å². The fraction of sp³-hybridized carbons (Fsp3) is 0.600. The lowest BCUT2D eigenvalue weighted by atomic mass is 9.92. The highest BCUT2D eigenvalue weighted by Gasteiger charge is 2.45. The number of rotatable bonds is 3. The molecule has 112 valence electrons. The number of hydrogen-bond acceptors (Lipinski definition) is 4. The van der Waals surface area contributed by atoms with Gasteiger partial charge in [0.15, 0.2) is 0 Å². The maximum atomic E-state index is 12.4. The van der Waals surface area contributed by atoms with E-state index in [-0.39, 0.29) is 11.9 Å². The van der Waals surface area contributed by atoms with Crippen molar-refractivity contribution in [3.8, 4) is 0 Å². The van der Waals surface area contributed by atoms with Gasteiger partial charge >= 0.3 is 5.97 Å². The standard InChI is InChI=1S/C15H19N3O3/c1-9-16-8-7-12(17-9)14-11(15(20)21)3-2-4-13(19)18(14)10-5-6-10/h7-8,10-11,14H,2-6H2,1H3,(H,20,21). The summed E-state index contributed by atoms with van der Waals surface area (Å²) in [4.78, 5) is 34.4. The Morgan fingerprint density at radius 3 is 2.76 bits per heavy atom. The Hall–Kier alpha value is -1.98. The van der Waals surface area contributed by atoms with E-state index in [9.17, 15) is 14.7 Å². The maximum Gasteiger partial charge on any atom is 0.309 e. The molecule has 1 aromatic heterocycles. The first-order valence-electron chi connectivity index (χ1n) is 7.41. The van der Waals surface area contributed by atoms with Gasteiger partial charge in [-0.25, -0.2) is 9.97 Å². The molecule has 0 aromatic carbocycles. The predicted octanol–water partition coefficient (Wildman–Crippen LogP) is 1.70. The zero-order valence-corrected chi connectivity index (χ0v) is 12.0. The van der Waals surface area contributed by atoms with E-state index >= 15 is 0 Å². The SMILES string of the molecule is Cc1nccc(C2C(C(=O)O)CCCC(=O)N2C2CC2)n1. The molecular formula is C15H19N3O3. The van der Waals surface area contributed by atoms with Crippen LogP contribution >= 0.6 is 0 Å². The van der Waals surface area contributed by atoms with Crippen LogP contribution < -0.4 is 0 Å². The Bertz CT molecular complexity index is 571. The molecule has 1 saturated heterocycles. The zero-order chi connectivity index (χ0) is 15.0. The van der Waals surface area contributed by atoms with E-state index in [1.807, 2.05) is 0 Å². The summed E-state index contributed by atoms with van der Waals surface area (Å²) in [6.07, 6.45) is 5.12. The first-order chi connectivity index (χ1) is 10.1. The number of carboxylic acids is 1. The minimum atomic E-state index is -0.850. The minimum Gasteiger partial charge on any atom is -0.481 e. The Morgan fingerprint density at radius 2 is 2.14 bits per heavy atom. The fourth-order valence-corrected chi connectivity index (χ4v) is 3.14. The molecule has 2 heterocycles. The van der Waals surface area contributed by atoms with Crippen LogP contribution in [-0.2, 0) is 9.59 Å². The van der Waals surface area contributed by atoms with Crippen molar-refractivity contribution in [2.24, 2.45) is 5.92 Å². The third-order valence-corrected chi connectivity index (χ3v) is 4.23. The average Bonchev–Trinajstić information content (AvgIpc) is 3.24. The maximum absolute atomic E-state index is 12.4. The van der Waals surface area contributed by atoms with Gasteiger partial charge in [-0.05, 0) is 38.7 Å². The molecule has 0 bridgehead atoms. The molecule has 1 saturated carbocycles.